The van der Waals surface area contributed by atoms with Gasteiger partial charge >= 0.3 is 0 Å². The van der Waals surface area contributed by atoms with E-state index in [0.29, 0.717) is 5.56 Å². The summed E-state index contributed by atoms with van der Waals surface area (Å²) in [5, 5.41) is 1.82. The molecule has 2 heteroatoms. The first-order valence-electron chi connectivity index (χ1n) is 5.29. The first kappa shape index (κ1) is 11.1. The maximum Gasteiger partial charge on any atom is 0.249 e. The highest BCUT2D eigenvalue weighted by molar-refractivity contribution is 6.10. The quantitative estimate of drug-likeness (QED) is 0.852. The van der Waals surface area contributed by atoms with Gasteiger partial charge in [-0.3, -0.25) is 4.79 Å². The van der Waals surface area contributed by atoms with Crippen molar-refractivity contribution in [3.8, 4) is 0 Å². The van der Waals surface area contributed by atoms with Crippen molar-refractivity contribution in [1.82, 2.24) is 0 Å². The molecule has 0 aliphatic carbocycles. The van der Waals surface area contributed by atoms with E-state index in [1.54, 1.807) is 12.2 Å². The maximum absolute atomic E-state index is 11.6. The van der Waals surface area contributed by atoms with Gasteiger partial charge in [0.15, 0.2) is 0 Å². The van der Waals surface area contributed by atoms with E-state index in [1.807, 2.05) is 30.3 Å². The lowest BCUT2D eigenvalue weighted by molar-refractivity contribution is 0.100. The van der Waals surface area contributed by atoms with Crippen LogP contribution in [0, 0.1) is 0 Å². The summed E-state index contributed by atoms with van der Waals surface area (Å²) >= 11 is 0. The number of rotatable bonds is 3. The van der Waals surface area contributed by atoms with Crippen molar-refractivity contribution >= 4 is 28.8 Å². The number of amides is 1. The summed E-state index contributed by atoms with van der Waals surface area (Å²) in [4.78, 5) is 11.6. The molecule has 0 atom stereocenters. The van der Waals surface area contributed by atoms with Crippen LogP contribution in [-0.2, 0) is 0 Å². The summed E-state index contributed by atoms with van der Waals surface area (Å²) in [6.45, 7) is 7.48. The highest BCUT2D eigenvalue weighted by Crippen LogP contribution is 2.27. The topological polar surface area (TPSA) is 43.1 Å². The van der Waals surface area contributed by atoms with Crippen LogP contribution in [0.25, 0.3) is 22.9 Å². The van der Waals surface area contributed by atoms with Crippen LogP contribution in [0.1, 0.15) is 21.5 Å². The van der Waals surface area contributed by atoms with Gasteiger partial charge in [0.25, 0.3) is 0 Å². The van der Waals surface area contributed by atoms with Crippen molar-refractivity contribution in [1.29, 1.82) is 0 Å². The molecule has 2 nitrogen and oxygen atoms in total. The molecule has 0 aliphatic rings. The first-order valence-corrected chi connectivity index (χ1v) is 5.29. The first-order chi connectivity index (χ1) is 8.19. The van der Waals surface area contributed by atoms with Crippen molar-refractivity contribution in [2.75, 3.05) is 0 Å². The molecule has 1 amide bonds. The second-order valence-corrected chi connectivity index (χ2v) is 3.75. The summed E-state index contributed by atoms with van der Waals surface area (Å²) in [5.74, 6) is -0.445. The van der Waals surface area contributed by atoms with E-state index in [1.165, 1.54) is 0 Å². The summed E-state index contributed by atoms with van der Waals surface area (Å²) in [5.41, 5.74) is 7.58. The second kappa shape index (κ2) is 4.26. The molecule has 2 rings (SSSR count). The van der Waals surface area contributed by atoms with E-state index in [-0.39, 0.29) is 0 Å². The van der Waals surface area contributed by atoms with E-state index in [0.717, 1.165) is 21.9 Å². The molecule has 0 saturated heterocycles. The van der Waals surface area contributed by atoms with Crippen LogP contribution in [0.3, 0.4) is 0 Å². The predicted molar refractivity (Wildman–Crippen MR) is 72.6 cm³/mol. The average Bonchev–Trinajstić information content (AvgIpc) is 2.35. The smallest absolute Gasteiger partial charge is 0.249 e. The Kier molecular flexibility index (Phi) is 2.79. The number of hydrogen-bond acceptors (Lipinski definition) is 1. The molecule has 0 radical (unpaired) electrons. The fourth-order valence-electron chi connectivity index (χ4n) is 2.04. The normalized spacial score (nSPS) is 10.1. The third-order valence-electron chi connectivity index (χ3n) is 2.79. The molecule has 0 fully saturated rings. The van der Waals surface area contributed by atoms with E-state index in [4.69, 9.17) is 5.73 Å². The highest BCUT2D eigenvalue weighted by Gasteiger charge is 2.13. The van der Waals surface area contributed by atoms with Crippen LogP contribution in [0.2, 0.25) is 0 Å². The average molecular weight is 223 g/mol. The minimum Gasteiger partial charge on any atom is -0.366 e. The van der Waals surface area contributed by atoms with Crippen LogP contribution in [-0.4, -0.2) is 5.91 Å². The van der Waals surface area contributed by atoms with Crippen molar-refractivity contribution in [3.05, 3.63) is 60.2 Å². The Hall–Kier alpha value is -2.35. The molecule has 2 aromatic rings. The molecule has 0 aromatic heterocycles. The van der Waals surface area contributed by atoms with Crippen LogP contribution in [0.5, 0.6) is 0 Å². The van der Waals surface area contributed by atoms with Gasteiger partial charge in [-0.15, -0.1) is 0 Å². The zero-order valence-corrected chi connectivity index (χ0v) is 9.44. The molecule has 17 heavy (non-hydrogen) atoms. The largest absolute Gasteiger partial charge is 0.366 e. The number of benzene rings is 2. The Morgan fingerprint density at radius 1 is 1.18 bits per heavy atom. The van der Waals surface area contributed by atoms with Crippen LogP contribution in [0.15, 0.2) is 43.5 Å². The van der Waals surface area contributed by atoms with Crippen molar-refractivity contribution in [2.45, 2.75) is 0 Å². The molecule has 0 heterocycles. The standard InChI is InChI=1S/C15H13NO/c1-3-10-9-11-7-5-6-8-13(11)14(15(16)17)12(10)4-2/h3-9H,1-2H2,(H2,16,17). The Morgan fingerprint density at radius 2 is 1.88 bits per heavy atom. The lowest BCUT2D eigenvalue weighted by Crippen LogP contribution is -2.14. The Morgan fingerprint density at radius 3 is 2.47 bits per heavy atom. The summed E-state index contributed by atoms with van der Waals surface area (Å²) in [7, 11) is 0. The van der Waals surface area contributed by atoms with E-state index in [2.05, 4.69) is 13.2 Å². The van der Waals surface area contributed by atoms with Crippen LogP contribution >= 0.6 is 0 Å². The number of primary amides is 1. The van der Waals surface area contributed by atoms with Gasteiger partial charge in [0.1, 0.15) is 0 Å². The number of fused-ring (bicyclic) bond motifs is 1. The predicted octanol–water partition coefficient (Wildman–Crippen LogP) is 3.22. The lowest BCUT2D eigenvalue weighted by Gasteiger charge is -2.11. The van der Waals surface area contributed by atoms with Gasteiger partial charge in [-0.25, -0.2) is 0 Å². The Labute approximate surface area is 100 Å². The Bertz CT molecular complexity index is 626. The van der Waals surface area contributed by atoms with Gasteiger partial charge in [0.2, 0.25) is 5.91 Å². The van der Waals surface area contributed by atoms with E-state index >= 15 is 0 Å². The molecule has 0 spiro atoms. The Balaban J connectivity index is 3.01. The summed E-state index contributed by atoms with van der Waals surface area (Å²) in [6, 6.07) is 9.62. The van der Waals surface area contributed by atoms with Gasteiger partial charge < -0.3 is 5.73 Å². The maximum atomic E-state index is 11.6. The number of carbonyl (C=O) groups is 1. The van der Waals surface area contributed by atoms with Crippen molar-refractivity contribution < 1.29 is 4.79 Å². The fraction of sp³-hybridized carbons (Fsp3) is 0. The fourth-order valence-corrected chi connectivity index (χ4v) is 2.04. The second-order valence-electron chi connectivity index (χ2n) is 3.75. The van der Waals surface area contributed by atoms with Gasteiger partial charge in [-0.05, 0) is 28.0 Å². The molecule has 0 unspecified atom stereocenters. The molecule has 2 aromatic carbocycles. The lowest BCUT2D eigenvalue weighted by atomic mass is 9.93. The molecule has 0 aliphatic heterocycles. The van der Waals surface area contributed by atoms with Crippen LogP contribution in [0.4, 0.5) is 0 Å². The molecule has 0 saturated carbocycles. The third kappa shape index (κ3) is 1.74. The van der Waals surface area contributed by atoms with Gasteiger partial charge in [0, 0.05) is 0 Å². The van der Waals surface area contributed by atoms with E-state index in [9.17, 15) is 4.79 Å². The van der Waals surface area contributed by atoms with Gasteiger partial charge in [-0.1, -0.05) is 49.6 Å². The molecular formula is C15H13NO. The van der Waals surface area contributed by atoms with Crippen molar-refractivity contribution in [2.24, 2.45) is 5.73 Å². The highest BCUT2D eigenvalue weighted by atomic mass is 16.1. The SMILES string of the molecule is C=Cc1cc2ccccc2c(C(N)=O)c1C=C. The van der Waals surface area contributed by atoms with Gasteiger partial charge in [-0.2, -0.15) is 0 Å². The molecular weight excluding hydrogens is 210 g/mol. The molecule has 0 bridgehead atoms. The third-order valence-corrected chi connectivity index (χ3v) is 2.79. The number of hydrogen-bond donors (Lipinski definition) is 1. The monoisotopic (exact) mass is 223 g/mol. The minimum atomic E-state index is -0.445. The number of nitrogens with two attached hydrogens (primary N) is 1. The van der Waals surface area contributed by atoms with Crippen molar-refractivity contribution in [3.63, 3.8) is 0 Å². The van der Waals surface area contributed by atoms with Gasteiger partial charge in [0.05, 0.1) is 5.56 Å². The minimum absolute atomic E-state index is 0.445. The number of carbonyl (C=O) groups excluding carboxylic acids is 1. The zero-order valence-electron chi connectivity index (χ0n) is 9.44. The molecule has 2 N–H and O–H groups in total. The summed E-state index contributed by atoms with van der Waals surface area (Å²) in [6.07, 6.45) is 3.35. The van der Waals surface area contributed by atoms with Crippen LogP contribution < -0.4 is 5.73 Å². The summed E-state index contributed by atoms with van der Waals surface area (Å²) < 4.78 is 0. The molecule has 84 valence electrons. The zero-order chi connectivity index (χ0) is 12.4. The van der Waals surface area contributed by atoms with E-state index < -0.39 is 5.91 Å².